The number of carboxylic acids is 1. The van der Waals surface area contributed by atoms with Gasteiger partial charge in [-0.25, -0.2) is 4.79 Å². The van der Waals surface area contributed by atoms with Gasteiger partial charge in [0, 0.05) is 13.1 Å². The summed E-state index contributed by atoms with van der Waals surface area (Å²) in [5, 5.41) is 13.9. The van der Waals surface area contributed by atoms with E-state index >= 15 is 0 Å². The number of urea groups is 1. The van der Waals surface area contributed by atoms with Gasteiger partial charge in [-0.1, -0.05) is 20.8 Å². The highest BCUT2D eigenvalue weighted by Crippen LogP contribution is 1.99. The van der Waals surface area contributed by atoms with E-state index < -0.39 is 11.9 Å². The zero-order valence-corrected chi connectivity index (χ0v) is 9.54. The minimum atomic E-state index is -0.834. The number of carbonyl (C=O) groups is 2. The van der Waals surface area contributed by atoms with Gasteiger partial charge in [0.05, 0.1) is 5.92 Å². The van der Waals surface area contributed by atoms with Gasteiger partial charge in [0.2, 0.25) is 0 Å². The number of hydrogen-bond donors (Lipinski definition) is 3. The van der Waals surface area contributed by atoms with Crippen molar-refractivity contribution >= 4 is 12.0 Å². The molecule has 0 radical (unpaired) electrons. The molecule has 0 aromatic carbocycles. The fourth-order valence-corrected chi connectivity index (χ4v) is 0.885. The van der Waals surface area contributed by atoms with Crippen molar-refractivity contribution in [2.24, 2.45) is 11.8 Å². The molecule has 0 rings (SSSR count). The van der Waals surface area contributed by atoms with Crippen LogP contribution < -0.4 is 10.6 Å². The second kappa shape index (κ2) is 7.09. The standard InChI is InChI=1S/C10H20N2O3/c1-7(2)6-12-10(15)11-5-4-8(3)9(13)14/h7-8H,4-6H2,1-3H3,(H,13,14)(H2,11,12,15). The molecule has 1 unspecified atom stereocenters. The van der Waals surface area contributed by atoms with Crippen LogP contribution in [0.5, 0.6) is 0 Å². The molecule has 0 aromatic rings. The third kappa shape index (κ3) is 7.78. The zero-order valence-electron chi connectivity index (χ0n) is 9.54. The van der Waals surface area contributed by atoms with Crippen LogP contribution in [-0.4, -0.2) is 30.2 Å². The van der Waals surface area contributed by atoms with Crippen molar-refractivity contribution < 1.29 is 14.7 Å². The Labute approximate surface area is 90.2 Å². The summed E-state index contributed by atoms with van der Waals surface area (Å²) in [4.78, 5) is 21.6. The molecule has 0 aliphatic heterocycles. The van der Waals surface area contributed by atoms with Crippen LogP contribution in [0.2, 0.25) is 0 Å². The number of hydrogen-bond acceptors (Lipinski definition) is 2. The van der Waals surface area contributed by atoms with Crippen molar-refractivity contribution in [2.75, 3.05) is 13.1 Å². The summed E-state index contributed by atoms with van der Waals surface area (Å²) in [5.74, 6) is -0.844. The van der Waals surface area contributed by atoms with E-state index in [1.165, 1.54) is 0 Å². The topological polar surface area (TPSA) is 78.4 Å². The van der Waals surface area contributed by atoms with Gasteiger partial charge in [0.1, 0.15) is 0 Å². The maximum absolute atomic E-state index is 11.1. The predicted molar refractivity (Wildman–Crippen MR) is 57.7 cm³/mol. The maximum Gasteiger partial charge on any atom is 0.314 e. The first-order chi connectivity index (χ1) is 6.93. The Morgan fingerprint density at radius 2 is 1.80 bits per heavy atom. The summed E-state index contributed by atoms with van der Waals surface area (Å²) in [6, 6.07) is -0.235. The quantitative estimate of drug-likeness (QED) is 0.621. The third-order valence-electron chi connectivity index (χ3n) is 1.96. The molecule has 0 saturated heterocycles. The van der Waals surface area contributed by atoms with Gasteiger partial charge in [0.15, 0.2) is 0 Å². The molecule has 0 bridgehead atoms. The second-order valence-corrected chi connectivity index (χ2v) is 4.06. The largest absolute Gasteiger partial charge is 0.481 e. The summed E-state index contributed by atoms with van der Waals surface area (Å²) in [5.41, 5.74) is 0. The number of carbonyl (C=O) groups excluding carboxylic acids is 1. The van der Waals surface area contributed by atoms with Crippen LogP contribution in [0.3, 0.4) is 0 Å². The van der Waals surface area contributed by atoms with Gasteiger partial charge < -0.3 is 15.7 Å². The summed E-state index contributed by atoms with van der Waals surface area (Å²) in [7, 11) is 0. The van der Waals surface area contributed by atoms with Crippen LogP contribution in [0.15, 0.2) is 0 Å². The van der Waals surface area contributed by atoms with E-state index in [1.54, 1.807) is 6.92 Å². The van der Waals surface area contributed by atoms with Gasteiger partial charge in [-0.05, 0) is 12.3 Å². The highest BCUT2D eigenvalue weighted by atomic mass is 16.4. The van der Waals surface area contributed by atoms with E-state index in [1.807, 2.05) is 13.8 Å². The molecule has 5 heteroatoms. The molecular formula is C10H20N2O3. The molecule has 5 nitrogen and oxygen atoms in total. The zero-order chi connectivity index (χ0) is 11.8. The van der Waals surface area contributed by atoms with Crippen molar-refractivity contribution in [1.29, 1.82) is 0 Å². The van der Waals surface area contributed by atoms with Gasteiger partial charge in [-0.15, -0.1) is 0 Å². The van der Waals surface area contributed by atoms with Crippen molar-refractivity contribution in [3.05, 3.63) is 0 Å². The molecular weight excluding hydrogens is 196 g/mol. The lowest BCUT2D eigenvalue weighted by molar-refractivity contribution is -0.141. The molecule has 0 aliphatic rings. The lowest BCUT2D eigenvalue weighted by atomic mass is 10.1. The number of rotatable bonds is 6. The van der Waals surface area contributed by atoms with Gasteiger partial charge >= 0.3 is 12.0 Å². The van der Waals surface area contributed by atoms with E-state index in [0.29, 0.717) is 25.4 Å². The third-order valence-corrected chi connectivity index (χ3v) is 1.96. The molecule has 3 N–H and O–H groups in total. The lowest BCUT2D eigenvalue weighted by Crippen LogP contribution is -2.38. The van der Waals surface area contributed by atoms with Gasteiger partial charge in [-0.2, -0.15) is 0 Å². The first kappa shape index (κ1) is 13.7. The Hall–Kier alpha value is -1.26. The molecule has 1 atom stereocenters. The molecule has 0 fully saturated rings. The van der Waals surface area contributed by atoms with Crippen molar-refractivity contribution in [3.8, 4) is 0 Å². The molecule has 2 amide bonds. The average molecular weight is 216 g/mol. The van der Waals surface area contributed by atoms with E-state index in [2.05, 4.69) is 10.6 Å². The number of amides is 2. The van der Waals surface area contributed by atoms with Crippen LogP contribution >= 0.6 is 0 Å². The molecule has 0 saturated carbocycles. The first-order valence-electron chi connectivity index (χ1n) is 5.18. The monoisotopic (exact) mass is 216 g/mol. The van der Waals surface area contributed by atoms with E-state index in [-0.39, 0.29) is 6.03 Å². The van der Waals surface area contributed by atoms with Crippen LogP contribution in [0.1, 0.15) is 27.2 Å². The second-order valence-electron chi connectivity index (χ2n) is 4.06. The van der Waals surface area contributed by atoms with E-state index in [4.69, 9.17) is 5.11 Å². The minimum Gasteiger partial charge on any atom is -0.481 e. The highest BCUT2D eigenvalue weighted by molar-refractivity contribution is 5.74. The SMILES string of the molecule is CC(C)CNC(=O)NCCC(C)C(=O)O. The number of carboxylic acid groups (broad SMARTS) is 1. The lowest BCUT2D eigenvalue weighted by Gasteiger charge is -2.10. The summed E-state index contributed by atoms with van der Waals surface area (Å²) < 4.78 is 0. The first-order valence-corrected chi connectivity index (χ1v) is 5.18. The Morgan fingerprint density at radius 1 is 1.20 bits per heavy atom. The average Bonchev–Trinajstić information content (AvgIpc) is 2.14. The Balaban J connectivity index is 3.51. The van der Waals surface area contributed by atoms with Crippen molar-refractivity contribution in [1.82, 2.24) is 10.6 Å². The number of nitrogens with one attached hydrogen (secondary N) is 2. The van der Waals surface area contributed by atoms with Crippen LogP contribution in [0.25, 0.3) is 0 Å². The van der Waals surface area contributed by atoms with E-state index in [9.17, 15) is 9.59 Å². The van der Waals surface area contributed by atoms with Gasteiger partial charge in [-0.3, -0.25) is 4.79 Å². The summed E-state index contributed by atoms with van der Waals surface area (Å²) >= 11 is 0. The molecule has 0 aliphatic carbocycles. The Bertz CT molecular complexity index is 217. The number of aliphatic carboxylic acids is 1. The summed E-state index contributed by atoms with van der Waals surface area (Å²) in [6.45, 7) is 6.65. The maximum atomic E-state index is 11.1. The highest BCUT2D eigenvalue weighted by Gasteiger charge is 2.10. The van der Waals surface area contributed by atoms with Crippen molar-refractivity contribution in [2.45, 2.75) is 27.2 Å². The minimum absolute atomic E-state index is 0.235. The molecule has 88 valence electrons. The fraction of sp³-hybridized carbons (Fsp3) is 0.800. The molecule has 0 spiro atoms. The smallest absolute Gasteiger partial charge is 0.314 e. The fourth-order valence-electron chi connectivity index (χ4n) is 0.885. The van der Waals surface area contributed by atoms with Crippen LogP contribution in [-0.2, 0) is 4.79 Å². The Kier molecular flexibility index (Phi) is 6.49. The van der Waals surface area contributed by atoms with Crippen LogP contribution in [0.4, 0.5) is 4.79 Å². The normalized spacial score (nSPS) is 12.3. The summed E-state index contributed by atoms with van der Waals surface area (Å²) in [6.07, 6.45) is 0.449. The molecule has 0 heterocycles. The molecule has 15 heavy (non-hydrogen) atoms. The molecule has 0 aromatic heterocycles. The van der Waals surface area contributed by atoms with Gasteiger partial charge in [0.25, 0.3) is 0 Å². The predicted octanol–water partition coefficient (Wildman–Crippen LogP) is 1.05. The Morgan fingerprint density at radius 3 is 2.27 bits per heavy atom. The van der Waals surface area contributed by atoms with E-state index in [0.717, 1.165) is 0 Å². The van der Waals surface area contributed by atoms with Crippen molar-refractivity contribution in [3.63, 3.8) is 0 Å². The van der Waals surface area contributed by atoms with Crippen LogP contribution in [0, 0.1) is 11.8 Å².